The quantitative estimate of drug-likeness (QED) is 0.605. The Morgan fingerprint density at radius 3 is 2.89 bits per heavy atom. The van der Waals surface area contributed by atoms with E-state index in [1.54, 1.807) is 6.92 Å². The van der Waals surface area contributed by atoms with Crippen molar-refractivity contribution in [3.63, 3.8) is 0 Å². The first-order chi connectivity index (χ1) is 9.08. The second kappa shape index (κ2) is 8.82. The van der Waals surface area contributed by atoms with Crippen LogP contribution in [0.3, 0.4) is 0 Å². The molecule has 0 radical (unpaired) electrons. The summed E-state index contributed by atoms with van der Waals surface area (Å²) in [6.45, 7) is 5.33. The molecule has 1 heterocycles. The number of hydrogen-bond acceptors (Lipinski definition) is 4. The van der Waals surface area contributed by atoms with Crippen LogP contribution in [0, 0.1) is 0 Å². The van der Waals surface area contributed by atoms with E-state index in [0.717, 1.165) is 31.0 Å². The Hall–Kier alpha value is -0.260. The molecule has 19 heavy (non-hydrogen) atoms. The third-order valence-corrected chi connectivity index (χ3v) is 4.77. The van der Waals surface area contributed by atoms with Gasteiger partial charge in [-0.1, -0.05) is 13.3 Å². The molecule has 1 saturated heterocycles. The molecule has 1 fully saturated rings. The average Bonchev–Trinajstić information content (AvgIpc) is 2.86. The normalized spacial score (nSPS) is 22.3. The highest BCUT2D eigenvalue weighted by Gasteiger charge is 2.30. The molecule has 2 unspecified atom stereocenters. The summed E-state index contributed by atoms with van der Waals surface area (Å²) >= 11 is 1.93. The van der Waals surface area contributed by atoms with Crippen LogP contribution >= 0.6 is 11.8 Å². The van der Waals surface area contributed by atoms with Crippen molar-refractivity contribution in [1.82, 2.24) is 5.32 Å². The summed E-state index contributed by atoms with van der Waals surface area (Å²) in [6, 6.07) is 0. The topological polar surface area (TPSA) is 58.6 Å². The number of nitrogens with one attached hydrogen (secondary N) is 1. The van der Waals surface area contributed by atoms with Gasteiger partial charge in [-0.25, -0.2) is 0 Å². The van der Waals surface area contributed by atoms with Gasteiger partial charge in [0.1, 0.15) is 5.54 Å². The molecule has 5 heteroatoms. The van der Waals surface area contributed by atoms with Gasteiger partial charge in [-0.05, 0) is 44.9 Å². The van der Waals surface area contributed by atoms with Crippen LogP contribution in [0.25, 0.3) is 0 Å². The van der Waals surface area contributed by atoms with Crippen LogP contribution in [0.5, 0.6) is 0 Å². The lowest BCUT2D eigenvalue weighted by Crippen LogP contribution is -2.49. The fraction of sp³-hybridized carbons (Fsp3) is 0.929. The Bertz CT molecular complexity index is 269. The van der Waals surface area contributed by atoms with E-state index >= 15 is 0 Å². The summed E-state index contributed by atoms with van der Waals surface area (Å²) < 4.78 is 5.57. The first kappa shape index (κ1) is 16.8. The standard InChI is InChI=1S/C14H27NO3S/c1-3-15-14(2,13(16)17)8-4-5-10-19-11-12-7-6-9-18-12/h12,15H,3-11H2,1-2H3,(H,16,17). The molecule has 0 aliphatic carbocycles. The van der Waals surface area contributed by atoms with Crippen molar-refractivity contribution < 1.29 is 14.6 Å². The molecule has 2 atom stereocenters. The van der Waals surface area contributed by atoms with Crippen molar-refractivity contribution in [3.8, 4) is 0 Å². The Kier molecular flexibility index (Phi) is 7.80. The van der Waals surface area contributed by atoms with Crippen molar-refractivity contribution in [1.29, 1.82) is 0 Å². The molecule has 0 aromatic heterocycles. The Morgan fingerprint density at radius 1 is 1.53 bits per heavy atom. The van der Waals surface area contributed by atoms with Gasteiger partial charge in [-0.3, -0.25) is 4.79 Å². The fourth-order valence-corrected chi connectivity index (χ4v) is 3.44. The summed E-state index contributed by atoms with van der Waals surface area (Å²) in [6.07, 6.45) is 5.57. The van der Waals surface area contributed by atoms with Crippen LogP contribution in [0.2, 0.25) is 0 Å². The van der Waals surface area contributed by atoms with Crippen LogP contribution in [0.15, 0.2) is 0 Å². The van der Waals surface area contributed by atoms with Crippen LogP contribution in [0.1, 0.15) is 46.0 Å². The maximum absolute atomic E-state index is 11.2. The van der Waals surface area contributed by atoms with E-state index in [1.165, 1.54) is 12.8 Å². The molecule has 0 aromatic rings. The predicted octanol–water partition coefficient (Wildman–Crippen LogP) is 2.52. The van der Waals surface area contributed by atoms with E-state index in [1.807, 2.05) is 18.7 Å². The number of hydrogen-bond donors (Lipinski definition) is 2. The number of aliphatic carboxylic acids is 1. The molecule has 0 saturated carbocycles. The molecule has 2 N–H and O–H groups in total. The zero-order valence-electron chi connectivity index (χ0n) is 12.1. The molecule has 112 valence electrons. The van der Waals surface area contributed by atoms with Crippen LogP contribution in [-0.2, 0) is 9.53 Å². The second-order valence-corrected chi connectivity index (χ2v) is 6.48. The molecule has 0 aromatic carbocycles. The number of thioether (sulfide) groups is 1. The minimum Gasteiger partial charge on any atom is -0.480 e. The van der Waals surface area contributed by atoms with E-state index in [2.05, 4.69) is 5.32 Å². The Balaban J connectivity index is 2.06. The third-order valence-electron chi connectivity index (χ3n) is 3.58. The number of likely N-dealkylation sites (N-methyl/N-ethyl adjacent to an activating group) is 1. The number of carboxylic acids is 1. The highest BCUT2D eigenvalue weighted by atomic mass is 32.2. The van der Waals surface area contributed by atoms with E-state index in [4.69, 9.17) is 4.74 Å². The lowest BCUT2D eigenvalue weighted by molar-refractivity contribution is -0.144. The molecule has 0 amide bonds. The minimum atomic E-state index is -0.770. The molecular formula is C14H27NO3S. The van der Waals surface area contributed by atoms with Gasteiger partial charge < -0.3 is 15.2 Å². The largest absolute Gasteiger partial charge is 0.480 e. The van der Waals surface area contributed by atoms with Gasteiger partial charge in [0, 0.05) is 12.4 Å². The Labute approximate surface area is 120 Å². The van der Waals surface area contributed by atoms with Crippen molar-refractivity contribution >= 4 is 17.7 Å². The Morgan fingerprint density at radius 2 is 2.32 bits per heavy atom. The van der Waals surface area contributed by atoms with Gasteiger partial charge in [0.2, 0.25) is 0 Å². The summed E-state index contributed by atoms with van der Waals surface area (Å²) in [5.41, 5.74) is -0.770. The summed E-state index contributed by atoms with van der Waals surface area (Å²) in [5, 5.41) is 12.3. The number of unbranched alkanes of at least 4 members (excludes halogenated alkanes) is 1. The molecular weight excluding hydrogens is 262 g/mol. The van der Waals surface area contributed by atoms with Gasteiger partial charge in [-0.15, -0.1) is 0 Å². The number of rotatable bonds is 10. The van der Waals surface area contributed by atoms with Gasteiger partial charge in [-0.2, -0.15) is 11.8 Å². The zero-order valence-corrected chi connectivity index (χ0v) is 12.9. The third kappa shape index (κ3) is 6.15. The molecule has 1 aliphatic rings. The molecule has 1 aliphatic heterocycles. The summed E-state index contributed by atoms with van der Waals surface area (Å²) in [7, 11) is 0. The van der Waals surface area contributed by atoms with E-state index in [-0.39, 0.29) is 0 Å². The SMILES string of the molecule is CCNC(C)(CCCCSCC1CCCO1)C(=O)O. The summed E-state index contributed by atoms with van der Waals surface area (Å²) in [5.74, 6) is 1.44. The molecule has 0 bridgehead atoms. The summed E-state index contributed by atoms with van der Waals surface area (Å²) in [4.78, 5) is 11.2. The molecule has 1 rings (SSSR count). The van der Waals surface area contributed by atoms with Crippen molar-refractivity contribution in [2.75, 3.05) is 24.7 Å². The smallest absolute Gasteiger partial charge is 0.323 e. The first-order valence-corrected chi connectivity index (χ1v) is 8.41. The lowest BCUT2D eigenvalue weighted by Gasteiger charge is -2.25. The zero-order chi connectivity index (χ0) is 14.1. The monoisotopic (exact) mass is 289 g/mol. The molecule has 4 nitrogen and oxygen atoms in total. The maximum atomic E-state index is 11.2. The predicted molar refractivity (Wildman–Crippen MR) is 79.9 cm³/mol. The minimum absolute atomic E-state index is 0.455. The molecule has 0 spiro atoms. The lowest BCUT2D eigenvalue weighted by atomic mass is 9.95. The van der Waals surface area contributed by atoms with Gasteiger partial charge in [0.15, 0.2) is 0 Å². The number of carbonyl (C=O) groups is 1. The van der Waals surface area contributed by atoms with E-state index < -0.39 is 11.5 Å². The van der Waals surface area contributed by atoms with E-state index in [9.17, 15) is 9.90 Å². The number of carboxylic acid groups (broad SMARTS) is 1. The maximum Gasteiger partial charge on any atom is 0.323 e. The second-order valence-electron chi connectivity index (χ2n) is 5.33. The van der Waals surface area contributed by atoms with Gasteiger partial charge in [0.05, 0.1) is 6.10 Å². The van der Waals surface area contributed by atoms with E-state index in [0.29, 0.717) is 19.1 Å². The van der Waals surface area contributed by atoms with Gasteiger partial charge >= 0.3 is 5.97 Å². The average molecular weight is 289 g/mol. The van der Waals surface area contributed by atoms with Crippen molar-refractivity contribution in [3.05, 3.63) is 0 Å². The van der Waals surface area contributed by atoms with Crippen LogP contribution < -0.4 is 5.32 Å². The van der Waals surface area contributed by atoms with Crippen LogP contribution in [-0.4, -0.2) is 47.4 Å². The highest BCUT2D eigenvalue weighted by molar-refractivity contribution is 7.99. The van der Waals surface area contributed by atoms with Crippen molar-refractivity contribution in [2.24, 2.45) is 0 Å². The highest BCUT2D eigenvalue weighted by Crippen LogP contribution is 2.19. The van der Waals surface area contributed by atoms with Crippen molar-refractivity contribution in [2.45, 2.75) is 57.6 Å². The number of ether oxygens (including phenoxy) is 1. The fourth-order valence-electron chi connectivity index (χ4n) is 2.33. The van der Waals surface area contributed by atoms with Gasteiger partial charge in [0.25, 0.3) is 0 Å². The first-order valence-electron chi connectivity index (χ1n) is 7.26. The van der Waals surface area contributed by atoms with Crippen LogP contribution in [0.4, 0.5) is 0 Å².